The molecule has 1 amide bonds. The Morgan fingerprint density at radius 2 is 1.86 bits per heavy atom. The highest BCUT2D eigenvalue weighted by Gasteiger charge is 2.52. The maximum Gasteiger partial charge on any atom is 0.416 e. The van der Waals surface area contributed by atoms with Gasteiger partial charge in [0.05, 0.1) is 11.0 Å². The number of amides is 1. The number of rotatable bonds is 4. The molecule has 0 spiro atoms. The van der Waals surface area contributed by atoms with Gasteiger partial charge in [-0.25, -0.2) is 4.39 Å². The van der Waals surface area contributed by atoms with Crippen LogP contribution in [0.4, 0.5) is 17.6 Å². The Morgan fingerprint density at radius 1 is 1.24 bits per heavy atom. The summed E-state index contributed by atoms with van der Waals surface area (Å²) < 4.78 is 51.4. The van der Waals surface area contributed by atoms with Crippen molar-refractivity contribution in [2.45, 2.75) is 24.4 Å². The zero-order valence-electron chi connectivity index (χ0n) is 10.6. The van der Waals surface area contributed by atoms with Crippen molar-refractivity contribution in [1.82, 2.24) is 5.32 Å². The van der Waals surface area contributed by atoms with Crippen LogP contribution in [-0.4, -0.2) is 23.5 Å². The predicted molar refractivity (Wildman–Crippen MR) is 63.0 cm³/mol. The summed E-state index contributed by atoms with van der Waals surface area (Å²) in [6, 6.07) is 1.97. The molecule has 8 heteroatoms. The summed E-state index contributed by atoms with van der Waals surface area (Å²) in [5, 5.41) is 10.6. The van der Waals surface area contributed by atoms with Crippen molar-refractivity contribution in [2.75, 3.05) is 6.54 Å². The molecule has 1 aromatic rings. The Morgan fingerprint density at radius 3 is 2.33 bits per heavy atom. The fourth-order valence-electron chi connectivity index (χ4n) is 2.13. The van der Waals surface area contributed by atoms with Gasteiger partial charge in [0.2, 0.25) is 5.91 Å². The lowest BCUT2D eigenvalue weighted by Crippen LogP contribution is -2.38. The molecule has 0 saturated heterocycles. The molecule has 21 heavy (non-hydrogen) atoms. The molecular weight excluding hydrogens is 294 g/mol. The van der Waals surface area contributed by atoms with Gasteiger partial charge in [-0.15, -0.1) is 0 Å². The summed E-state index contributed by atoms with van der Waals surface area (Å²) in [4.78, 5) is 22.3. The number of alkyl halides is 3. The highest BCUT2D eigenvalue weighted by molar-refractivity contribution is 5.93. The first-order chi connectivity index (χ1) is 9.65. The Bertz CT molecular complexity index is 594. The first kappa shape index (κ1) is 15.3. The van der Waals surface area contributed by atoms with E-state index in [9.17, 15) is 27.2 Å². The van der Waals surface area contributed by atoms with Crippen LogP contribution in [0.5, 0.6) is 0 Å². The van der Waals surface area contributed by atoms with Gasteiger partial charge in [0.1, 0.15) is 12.4 Å². The molecule has 4 nitrogen and oxygen atoms in total. The molecule has 0 atom stereocenters. The zero-order chi connectivity index (χ0) is 15.8. The molecule has 1 saturated carbocycles. The average Bonchev–Trinajstić information content (AvgIpc) is 3.15. The average molecular weight is 305 g/mol. The highest BCUT2D eigenvalue weighted by atomic mass is 19.4. The van der Waals surface area contributed by atoms with E-state index in [2.05, 4.69) is 5.32 Å². The summed E-state index contributed by atoms with van der Waals surface area (Å²) in [6.45, 7) is -0.637. The fourth-order valence-corrected chi connectivity index (χ4v) is 2.13. The molecule has 1 aliphatic carbocycles. The number of carboxylic acid groups (broad SMARTS) is 1. The van der Waals surface area contributed by atoms with Gasteiger partial charge in [0.25, 0.3) is 0 Å². The Kier molecular flexibility index (Phi) is 3.65. The molecule has 1 aliphatic rings. The monoisotopic (exact) mass is 305 g/mol. The van der Waals surface area contributed by atoms with Crippen molar-refractivity contribution in [3.8, 4) is 0 Å². The molecule has 2 N–H and O–H groups in total. The third kappa shape index (κ3) is 3.14. The first-order valence-electron chi connectivity index (χ1n) is 6.03. The highest BCUT2D eigenvalue weighted by Crippen LogP contribution is 2.49. The minimum atomic E-state index is -4.72. The third-order valence-electron chi connectivity index (χ3n) is 3.36. The van der Waals surface area contributed by atoms with Crippen LogP contribution >= 0.6 is 0 Å². The molecule has 0 radical (unpaired) electrons. The largest absolute Gasteiger partial charge is 0.480 e. The van der Waals surface area contributed by atoms with Crippen molar-refractivity contribution in [2.24, 2.45) is 0 Å². The lowest BCUT2D eigenvalue weighted by Gasteiger charge is -2.17. The number of carboxylic acids is 1. The minimum absolute atomic E-state index is 0.0855. The Balaban J connectivity index is 2.31. The van der Waals surface area contributed by atoms with Crippen LogP contribution < -0.4 is 5.32 Å². The van der Waals surface area contributed by atoms with E-state index in [1.165, 1.54) is 0 Å². The number of hydrogen-bond donors (Lipinski definition) is 2. The molecule has 1 aromatic carbocycles. The molecule has 2 rings (SSSR count). The standard InChI is InChI=1S/C13H11F4NO3/c14-9-4-7(3-8(5-9)13(15,16)17)12(1-2-12)11(21)18-6-10(19)20/h3-5H,1-2,6H2,(H,18,21)(H,19,20). The van der Waals surface area contributed by atoms with Crippen LogP contribution in [0.15, 0.2) is 18.2 Å². The quantitative estimate of drug-likeness (QED) is 0.837. The van der Waals surface area contributed by atoms with Crippen molar-refractivity contribution < 1.29 is 32.3 Å². The Hall–Kier alpha value is -2.12. The van der Waals surface area contributed by atoms with E-state index in [-0.39, 0.29) is 18.4 Å². The zero-order valence-corrected chi connectivity index (χ0v) is 10.6. The van der Waals surface area contributed by atoms with Crippen molar-refractivity contribution in [1.29, 1.82) is 0 Å². The summed E-state index contributed by atoms with van der Waals surface area (Å²) in [5.41, 5.74) is -2.52. The SMILES string of the molecule is O=C(O)CNC(=O)C1(c2cc(F)cc(C(F)(F)F)c2)CC1. The van der Waals surface area contributed by atoms with Gasteiger partial charge in [-0.3, -0.25) is 9.59 Å². The predicted octanol–water partition coefficient (Wildman–Crippen LogP) is 2.08. The molecule has 114 valence electrons. The molecule has 0 unspecified atom stereocenters. The second kappa shape index (κ2) is 5.01. The number of carbonyl (C=O) groups is 2. The van der Waals surface area contributed by atoms with E-state index in [4.69, 9.17) is 5.11 Å². The summed E-state index contributed by atoms with van der Waals surface area (Å²) in [6.07, 6.45) is -4.22. The van der Waals surface area contributed by atoms with E-state index >= 15 is 0 Å². The lowest BCUT2D eigenvalue weighted by molar-refractivity contribution is -0.138. The van der Waals surface area contributed by atoms with Crippen LogP contribution in [0.2, 0.25) is 0 Å². The van der Waals surface area contributed by atoms with Crippen LogP contribution in [-0.2, 0) is 21.2 Å². The molecule has 0 aliphatic heterocycles. The molecule has 0 bridgehead atoms. The number of halogens is 4. The van der Waals surface area contributed by atoms with Gasteiger partial charge in [-0.05, 0) is 36.6 Å². The lowest BCUT2D eigenvalue weighted by atomic mass is 9.93. The maximum atomic E-state index is 13.4. The van der Waals surface area contributed by atoms with E-state index in [0.717, 1.165) is 12.1 Å². The summed E-state index contributed by atoms with van der Waals surface area (Å²) in [5.74, 6) is -3.06. The van der Waals surface area contributed by atoms with E-state index in [1.54, 1.807) is 0 Å². The van der Waals surface area contributed by atoms with Crippen molar-refractivity contribution in [3.63, 3.8) is 0 Å². The van der Waals surface area contributed by atoms with Crippen LogP contribution in [0.3, 0.4) is 0 Å². The molecule has 0 heterocycles. The number of aliphatic carboxylic acids is 1. The summed E-state index contributed by atoms with van der Waals surface area (Å²) in [7, 11) is 0. The van der Waals surface area contributed by atoms with Crippen LogP contribution in [0.25, 0.3) is 0 Å². The fraction of sp³-hybridized carbons (Fsp3) is 0.385. The van der Waals surface area contributed by atoms with Gasteiger partial charge >= 0.3 is 12.1 Å². The van der Waals surface area contributed by atoms with Gasteiger partial charge in [0.15, 0.2) is 0 Å². The molecule has 1 fully saturated rings. The van der Waals surface area contributed by atoms with Crippen molar-refractivity contribution >= 4 is 11.9 Å². The first-order valence-corrected chi connectivity index (χ1v) is 6.03. The number of nitrogens with one attached hydrogen (secondary N) is 1. The van der Waals surface area contributed by atoms with Crippen LogP contribution in [0, 0.1) is 5.82 Å². The second-order valence-electron chi connectivity index (χ2n) is 4.88. The summed E-state index contributed by atoms with van der Waals surface area (Å²) >= 11 is 0. The number of benzene rings is 1. The normalized spacial score (nSPS) is 16.4. The Labute approximate surface area is 116 Å². The third-order valence-corrected chi connectivity index (χ3v) is 3.36. The number of hydrogen-bond acceptors (Lipinski definition) is 2. The van der Waals surface area contributed by atoms with Gasteiger partial charge in [-0.1, -0.05) is 0 Å². The number of carbonyl (C=O) groups excluding carboxylic acids is 1. The minimum Gasteiger partial charge on any atom is -0.480 e. The topological polar surface area (TPSA) is 66.4 Å². The van der Waals surface area contributed by atoms with E-state index in [1.807, 2.05) is 0 Å². The van der Waals surface area contributed by atoms with E-state index < -0.39 is 41.4 Å². The van der Waals surface area contributed by atoms with Gasteiger partial charge < -0.3 is 10.4 Å². The second-order valence-corrected chi connectivity index (χ2v) is 4.88. The molecule has 0 aromatic heterocycles. The van der Waals surface area contributed by atoms with Gasteiger partial charge in [-0.2, -0.15) is 13.2 Å². The van der Waals surface area contributed by atoms with Gasteiger partial charge in [0, 0.05) is 0 Å². The van der Waals surface area contributed by atoms with Crippen molar-refractivity contribution in [3.05, 3.63) is 35.1 Å². The van der Waals surface area contributed by atoms with Crippen LogP contribution in [0.1, 0.15) is 24.0 Å². The maximum absolute atomic E-state index is 13.4. The smallest absolute Gasteiger partial charge is 0.416 e. The molecular formula is C13H11F4NO3. The van der Waals surface area contributed by atoms with E-state index in [0.29, 0.717) is 6.07 Å².